The summed E-state index contributed by atoms with van der Waals surface area (Å²) in [6.07, 6.45) is 0. The Morgan fingerprint density at radius 2 is 1.93 bits per heavy atom. The summed E-state index contributed by atoms with van der Waals surface area (Å²) in [7, 11) is 0. The first-order chi connectivity index (χ1) is 13.0. The molecule has 5 nitrogen and oxygen atoms in total. The molecule has 8 heteroatoms. The molecule has 1 heterocycles. The van der Waals surface area contributed by atoms with Crippen molar-refractivity contribution in [1.82, 2.24) is 4.98 Å². The molecule has 3 aromatic rings. The molecule has 2 aromatic carbocycles. The van der Waals surface area contributed by atoms with Gasteiger partial charge in [0.15, 0.2) is 5.13 Å². The Morgan fingerprint density at radius 3 is 2.67 bits per heavy atom. The number of thioether (sulfide) groups is 1. The first-order valence-corrected chi connectivity index (χ1v) is 10.7. The molecule has 0 bridgehead atoms. The summed E-state index contributed by atoms with van der Waals surface area (Å²) < 4.78 is 1.01. The molecule has 0 aliphatic rings. The van der Waals surface area contributed by atoms with E-state index >= 15 is 0 Å². The summed E-state index contributed by atoms with van der Waals surface area (Å²) in [6, 6.07) is 15.3. The van der Waals surface area contributed by atoms with E-state index < -0.39 is 0 Å². The Hall–Kier alpha value is -2.16. The molecule has 0 aliphatic carbocycles. The van der Waals surface area contributed by atoms with Gasteiger partial charge >= 0.3 is 0 Å². The van der Waals surface area contributed by atoms with Crippen molar-refractivity contribution < 1.29 is 9.59 Å². The van der Waals surface area contributed by atoms with Gasteiger partial charge in [0, 0.05) is 32.9 Å². The number of nitrogens with zero attached hydrogens (tertiary/aromatic N) is 1. The largest absolute Gasteiger partial charge is 0.326 e. The molecular weight excluding hydrogens is 446 g/mol. The number of thiazole rings is 1. The number of amides is 2. The zero-order valence-corrected chi connectivity index (χ0v) is 17.6. The van der Waals surface area contributed by atoms with Gasteiger partial charge in [0.1, 0.15) is 0 Å². The highest BCUT2D eigenvalue weighted by molar-refractivity contribution is 9.10. The number of halogens is 1. The van der Waals surface area contributed by atoms with E-state index in [0.717, 1.165) is 20.6 Å². The minimum atomic E-state index is -0.125. The first kappa shape index (κ1) is 19.6. The number of rotatable bonds is 6. The fourth-order valence-electron chi connectivity index (χ4n) is 2.26. The van der Waals surface area contributed by atoms with Gasteiger partial charge in [0.05, 0.1) is 11.4 Å². The molecule has 2 amide bonds. The topological polar surface area (TPSA) is 71.1 Å². The van der Waals surface area contributed by atoms with Crippen LogP contribution in [-0.2, 0) is 9.59 Å². The van der Waals surface area contributed by atoms with E-state index in [0.29, 0.717) is 10.8 Å². The SMILES string of the molecule is CC(=O)Nc1cccc(SCC(=O)Nc2nc(-c3ccc(Br)cc3)cs2)c1. The van der Waals surface area contributed by atoms with Crippen molar-refractivity contribution in [3.63, 3.8) is 0 Å². The van der Waals surface area contributed by atoms with E-state index in [-0.39, 0.29) is 17.6 Å². The van der Waals surface area contributed by atoms with Crippen LogP contribution in [0.5, 0.6) is 0 Å². The summed E-state index contributed by atoms with van der Waals surface area (Å²) >= 11 is 6.21. The van der Waals surface area contributed by atoms with Crippen molar-refractivity contribution in [3.8, 4) is 11.3 Å². The monoisotopic (exact) mass is 461 g/mol. The smallest absolute Gasteiger partial charge is 0.236 e. The summed E-state index contributed by atoms with van der Waals surface area (Å²) in [5.41, 5.74) is 2.55. The Balaban J connectivity index is 1.55. The molecule has 0 spiro atoms. The molecule has 3 rings (SSSR count). The van der Waals surface area contributed by atoms with E-state index in [4.69, 9.17) is 0 Å². The number of hydrogen-bond donors (Lipinski definition) is 2. The standard InChI is InChI=1S/C19H16BrN3O2S2/c1-12(24)21-15-3-2-4-16(9-15)26-11-18(25)23-19-22-17(10-27-19)13-5-7-14(20)8-6-13/h2-10H,11H2,1H3,(H,21,24)(H,22,23,25). The molecule has 2 N–H and O–H groups in total. The second-order valence-electron chi connectivity index (χ2n) is 5.59. The van der Waals surface area contributed by atoms with Gasteiger partial charge < -0.3 is 10.6 Å². The highest BCUT2D eigenvalue weighted by Crippen LogP contribution is 2.27. The summed E-state index contributed by atoms with van der Waals surface area (Å²) in [6.45, 7) is 1.46. The van der Waals surface area contributed by atoms with Crippen LogP contribution in [0.1, 0.15) is 6.92 Å². The van der Waals surface area contributed by atoms with Crippen LogP contribution in [0.4, 0.5) is 10.8 Å². The molecule has 138 valence electrons. The number of carbonyl (C=O) groups excluding carboxylic acids is 2. The van der Waals surface area contributed by atoms with Gasteiger partial charge in [-0.3, -0.25) is 9.59 Å². The highest BCUT2D eigenvalue weighted by Gasteiger charge is 2.09. The lowest BCUT2D eigenvalue weighted by Gasteiger charge is -2.05. The van der Waals surface area contributed by atoms with Crippen molar-refractivity contribution in [2.45, 2.75) is 11.8 Å². The fourth-order valence-corrected chi connectivity index (χ4v) is 4.01. The van der Waals surface area contributed by atoms with E-state index in [1.165, 1.54) is 30.0 Å². The van der Waals surface area contributed by atoms with Gasteiger partial charge in [0.25, 0.3) is 0 Å². The third kappa shape index (κ3) is 5.92. The summed E-state index contributed by atoms with van der Waals surface area (Å²) in [4.78, 5) is 28.7. The predicted molar refractivity (Wildman–Crippen MR) is 115 cm³/mol. The maximum atomic E-state index is 12.2. The number of hydrogen-bond acceptors (Lipinski definition) is 5. The summed E-state index contributed by atoms with van der Waals surface area (Å²) in [5.74, 6) is 0.0124. The zero-order chi connectivity index (χ0) is 19.2. The van der Waals surface area contributed by atoms with Gasteiger partial charge in [-0.25, -0.2) is 4.98 Å². The number of benzene rings is 2. The molecule has 27 heavy (non-hydrogen) atoms. The molecule has 0 fully saturated rings. The molecular formula is C19H16BrN3O2S2. The van der Waals surface area contributed by atoms with Gasteiger partial charge in [-0.1, -0.05) is 34.1 Å². The van der Waals surface area contributed by atoms with Crippen LogP contribution in [-0.4, -0.2) is 22.6 Å². The molecule has 0 aliphatic heterocycles. The van der Waals surface area contributed by atoms with Crippen LogP contribution in [0.3, 0.4) is 0 Å². The minimum Gasteiger partial charge on any atom is -0.326 e. The number of anilines is 2. The average Bonchev–Trinajstić information content (AvgIpc) is 3.09. The van der Waals surface area contributed by atoms with E-state index in [9.17, 15) is 9.59 Å². The quantitative estimate of drug-likeness (QED) is 0.490. The van der Waals surface area contributed by atoms with E-state index in [1.54, 1.807) is 0 Å². The lowest BCUT2D eigenvalue weighted by molar-refractivity contribution is -0.114. The molecule has 0 saturated heterocycles. The lowest BCUT2D eigenvalue weighted by Crippen LogP contribution is -2.13. The Kier molecular flexibility index (Phi) is 6.65. The van der Waals surface area contributed by atoms with Crippen LogP contribution in [0.15, 0.2) is 63.3 Å². The Labute approximate surface area is 173 Å². The maximum Gasteiger partial charge on any atom is 0.236 e. The van der Waals surface area contributed by atoms with Crippen molar-refractivity contribution in [2.75, 3.05) is 16.4 Å². The van der Waals surface area contributed by atoms with Crippen LogP contribution in [0.2, 0.25) is 0 Å². The Morgan fingerprint density at radius 1 is 1.15 bits per heavy atom. The highest BCUT2D eigenvalue weighted by atomic mass is 79.9. The lowest BCUT2D eigenvalue weighted by atomic mass is 10.2. The molecule has 0 saturated carbocycles. The van der Waals surface area contributed by atoms with Crippen molar-refractivity contribution in [3.05, 3.63) is 58.4 Å². The van der Waals surface area contributed by atoms with Crippen LogP contribution < -0.4 is 10.6 Å². The molecule has 0 atom stereocenters. The Bertz CT molecular complexity index is 958. The van der Waals surface area contributed by atoms with Crippen LogP contribution in [0.25, 0.3) is 11.3 Å². The summed E-state index contributed by atoms with van der Waals surface area (Å²) in [5, 5.41) is 8.05. The van der Waals surface area contributed by atoms with Gasteiger partial charge in [-0.15, -0.1) is 23.1 Å². The van der Waals surface area contributed by atoms with Crippen molar-refractivity contribution in [1.29, 1.82) is 0 Å². The molecule has 1 aromatic heterocycles. The zero-order valence-electron chi connectivity index (χ0n) is 14.4. The van der Waals surface area contributed by atoms with Crippen LogP contribution in [0, 0.1) is 0 Å². The average molecular weight is 462 g/mol. The fraction of sp³-hybridized carbons (Fsp3) is 0.105. The predicted octanol–water partition coefficient (Wildman–Crippen LogP) is 5.26. The van der Waals surface area contributed by atoms with Gasteiger partial charge in [0.2, 0.25) is 11.8 Å². The number of nitrogens with one attached hydrogen (secondary N) is 2. The number of carbonyl (C=O) groups is 2. The van der Waals surface area contributed by atoms with Crippen molar-refractivity contribution >= 4 is 61.7 Å². The maximum absolute atomic E-state index is 12.2. The molecule has 0 radical (unpaired) electrons. The second kappa shape index (κ2) is 9.16. The van der Waals surface area contributed by atoms with E-state index in [1.807, 2.05) is 53.9 Å². The normalized spacial score (nSPS) is 10.4. The second-order valence-corrected chi connectivity index (χ2v) is 8.41. The first-order valence-electron chi connectivity index (χ1n) is 8.01. The third-order valence-electron chi connectivity index (χ3n) is 3.41. The van der Waals surface area contributed by atoms with Gasteiger partial charge in [-0.05, 0) is 30.3 Å². The number of aromatic nitrogens is 1. The van der Waals surface area contributed by atoms with Crippen LogP contribution >= 0.6 is 39.0 Å². The van der Waals surface area contributed by atoms with Crippen molar-refractivity contribution in [2.24, 2.45) is 0 Å². The minimum absolute atomic E-state index is 0.123. The third-order valence-corrected chi connectivity index (χ3v) is 5.70. The van der Waals surface area contributed by atoms with E-state index in [2.05, 4.69) is 31.5 Å². The van der Waals surface area contributed by atoms with Gasteiger partial charge in [-0.2, -0.15) is 0 Å². The molecule has 0 unspecified atom stereocenters.